The molecule has 1 aromatic rings. The van der Waals surface area contributed by atoms with Crippen molar-refractivity contribution >= 4 is 23.2 Å². The van der Waals surface area contributed by atoms with Crippen molar-refractivity contribution < 1.29 is 9.59 Å². The molecule has 0 spiro atoms. The van der Waals surface area contributed by atoms with E-state index in [0.717, 1.165) is 0 Å². The molecular formula is C17H25N3O2. The quantitative estimate of drug-likeness (QED) is 0.757. The summed E-state index contributed by atoms with van der Waals surface area (Å²) in [4.78, 5) is 23.0. The van der Waals surface area contributed by atoms with Crippen molar-refractivity contribution in [1.82, 2.24) is 5.32 Å². The Bertz CT molecular complexity index is 510. The van der Waals surface area contributed by atoms with E-state index in [1.165, 1.54) is 39.0 Å². The molecule has 3 N–H and O–H groups in total. The van der Waals surface area contributed by atoms with Gasteiger partial charge in [-0.05, 0) is 31.0 Å². The molecule has 0 radical (unpaired) electrons. The van der Waals surface area contributed by atoms with Gasteiger partial charge in [-0.2, -0.15) is 0 Å². The highest BCUT2D eigenvalue weighted by Crippen LogP contribution is 2.17. The molecule has 0 unspecified atom stereocenters. The number of benzene rings is 1. The van der Waals surface area contributed by atoms with E-state index < -0.39 is 0 Å². The molecule has 2 rings (SSSR count). The van der Waals surface area contributed by atoms with Crippen LogP contribution in [0.3, 0.4) is 0 Å². The fraction of sp³-hybridized carbons (Fsp3) is 0.529. The molecule has 1 saturated carbocycles. The molecule has 2 amide bonds. The lowest BCUT2D eigenvalue weighted by atomic mass is 9.95. The molecule has 0 aliphatic heterocycles. The number of carbonyl (C=O) groups is 2. The van der Waals surface area contributed by atoms with E-state index in [1.807, 2.05) is 6.07 Å². The number of hydrogen-bond acceptors (Lipinski definition) is 3. The zero-order valence-electron chi connectivity index (χ0n) is 13.2. The zero-order valence-corrected chi connectivity index (χ0v) is 13.2. The van der Waals surface area contributed by atoms with Gasteiger partial charge in [0.25, 0.3) is 0 Å². The fourth-order valence-electron chi connectivity index (χ4n) is 2.80. The highest BCUT2D eigenvalue weighted by molar-refractivity contribution is 5.93. The van der Waals surface area contributed by atoms with Crippen LogP contribution in [0.5, 0.6) is 0 Å². The Balaban J connectivity index is 1.73. The molecule has 22 heavy (non-hydrogen) atoms. The molecule has 120 valence electrons. The number of anilines is 2. The Morgan fingerprint density at radius 1 is 1.09 bits per heavy atom. The van der Waals surface area contributed by atoms with Crippen LogP contribution in [0.1, 0.15) is 45.4 Å². The predicted octanol–water partition coefficient (Wildman–Crippen LogP) is 2.90. The third-order valence-corrected chi connectivity index (χ3v) is 3.86. The van der Waals surface area contributed by atoms with Crippen molar-refractivity contribution in [2.75, 3.05) is 17.2 Å². The second-order valence-corrected chi connectivity index (χ2v) is 5.85. The van der Waals surface area contributed by atoms with E-state index in [9.17, 15) is 9.59 Å². The summed E-state index contributed by atoms with van der Waals surface area (Å²) in [6, 6.07) is 7.75. The summed E-state index contributed by atoms with van der Waals surface area (Å²) in [5.41, 5.74) is 1.39. The minimum Gasteiger partial charge on any atom is -0.326 e. The van der Waals surface area contributed by atoms with Crippen LogP contribution in [-0.4, -0.2) is 24.4 Å². The van der Waals surface area contributed by atoms with E-state index in [4.69, 9.17) is 0 Å². The molecule has 0 atom stereocenters. The number of rotatable bonds is 6. The van der Waals surface area contributed by atoms with Gasteiger partial charge in [-0.15, -0.1) is 0 Å². The SMILES string of the molecule is CC(=O)Nc1cccc(NC(=O)CCNC2CCCCC2)c1. The molecule has 5 heteroatoms. The standard InChI is InChI=1S/C17H25N3O2/c1-13(21)19-15-8-5-9-16(12-15)20-17(22)10-11-18-14-6-3-2-4-7-14/h5,8-9,12,14,18H,2-4,6-7,10-11H2,1H3,(H,19,21)(H,20,22). The molecular weight excluding hydrogens is 278 g/mol. The Morgan fingerprint density at radius 3 is 2.45 bits per heavy atom. The summed E-state index contributed by atoms with van der Waals surface area (Å²) < 4.78 is 0. The highest BCUT2D eigenvalue weighted by Gasteiger charge is 2.12. The maximum Gasteiger partial charge on any atom is 0.225 e. The van der Waals surface area contributed by atoms with Crippen molar-refractivity contribution in [1.29, 1.82) is 0 Å². The maximum absolute atomic E-state index is 11.9. The van der Waals surface area contributed by atoms with E-state index in [0.29, 0.717) is 30.4 Å². The van der Waals surface area contributed by atoms with Crippen molar-refractivity contribution in [3.05, 3.63) is 24.3 Å². The first-order valence-electron chi connectivity index (χ1n) is 8.04. The van der Waals surface area contributed by atoms with E-state index >= 15 is 0 Å². The molecule has 5 nitrogen and oxygen atoms in total. The summed E-state index contributed by atoms with van der Waals surface area (Å²) in [7, 11) is 0. The van der Waals surface area contributed by atoms with Gasteiger partial charge in [0.05, 0.1) is 0 Å². The summed E-state index contributed by atoms with van der Waals surface area (Å²) >= 11 is 0. The molecule has 1 aliphatic carbocycles. The highest BCUT2D eigenvalue weighted by atomic mass is 16.2. The predicted molar refractivity (Wildman–Crippen MR) is 88.9 cm³/mol. The van der Waals surface area contributed by atoms with Gasteiger partial charge in [0, 0.05) is 37.3 Å². The molecule has 1 fully saturated rings. The van der Waals surface area contributed by atoms with Crippen LogP contribution in [0, 0.1) is 0 Å². The Hall–Kier alpha value is -1.88. The van der Waals surface area contributed by atoms with Crippen molar-refractivity contribution in [3.63, 3.8) is 0 Å². The minimum atomic E-state index is -0.125. The molecule has 1 aromatic carbocycles. The average molecular weight is 303 g/mol. The smallest absolute Gasteiger partial charge is 0.225 e. The Morgan fingerprint density at radius 2 is 1.77 bits per heavy atom. The normalized spacial score (nSPS) is 15.3. The number of nitrogens with one attached hydrogen (secondary N) is 3. The molecule has 0 aromatic heterocycles. The molecule has 0 saturated heterocycles. The summed E-state index contributed by atoms with van der Waals surface area (Å²) in [5.74, 6) is -0.136. The Kier molecular flexibility index (Phi) is 6.40. The van der Waals surface area contributed by atoms with Crippen molar-refractivity contribution in [3.8, 4) is 0 Å². The summed E-state index contributed by atoms with van der Waals surface area (Å²) in [5, 5.41) is 9.02. The third kappa shape index (κ3) is 5.85. The van der Waals surface area contributed by atoms with Crippen molar-refractivity contribution in [2.24, 2.45) is 0 Å². The second-order valence-electron chi connectivity index (χ2n) is 5.85. The second kappa shape index (κ2) is 8.54. The first kappa shape index (κ1) is 16.5. The largest absolute Gasteiger partial charge is 0.326 e. The summed E-state index contributed by atoms with van der Waals surface area (Å²) in [6.07, 6.45) is 6.82. The van der Waals surface area contributed by atoms with Crippen molar-refractivity contribution in [2.45, 2.75) is 51.5 Å². The number of hydrogen-bond donors (Lipinski definition) is 3. The van der Waals surface area contributed by atoms with Crippen LogP contribution in [0.4, 0.5) is 11.4 Å². The first-order valence-corrected chi connectivity index (χ1v) is 8.04. The van der Waals surface area contributed by atoms with Crippen LogP contribution >= 0.6 is 0 Å². The molecule has 1 aliphatic rings. The third-order valence-electron chi connectivity index (χ3n) is 3.86. The topological polar surface area (TPSA) is 70.2 Å². The first-order chi connectivity index (χ1) is 10.6. The average Bonchev–Trinajstić information content (AvgIpc) is 2.48. The van der Waals surface area contributed by atoms with E-state index in [1.54, 1.807) is 18.2 Å². The van der Waals surface area contributed by atoms with Gasteiger partial charge in [0.1, 0.15) is 0 Å². The van der Waals surface area contributed by atoms with Gasteiger partial charge in [-0.1, -0.05) is 25.3 Å². The lowest BCUT2D eigenvalue weighted by Crippen LogP contribution is -2.33. The van der Waals surface area contributed by atoms with Crippen LogP contribution in [0.2, 0.25) is 0 Å². The van der Waals surface area contributed by atoms with Crippen LogP contribution in [0.25, 0.3) is 0 Å². The van der Waals surface area contributed by atoms with Crippen LogP contribution in [-0.2, 0) is 9.59 Å². The summed E-state index contributed by atoms with van der Waals surface area (Å²) in [6.45, 7) is 2.17. The van der Waals surface area contributed by atoms with Gasteiger partial charge in [0.15, 0.2) is 0 Å². The van der Waals surface area contributed by atoms with Gasteiger partial charge in [-0.3, -0.25) is 9.59 Å². The van der Waals surface area contributed by atoms with Gasteiger partial charge >= 0.3 is 0 Å². The van der Waals surface area contributed by atoms with Gasteiger partial charge in [-0.25, -0.2) is 0 Å². The number of amides is 2. The molecule has 0 heterocycles. The van der Waals surface area contributed by atoms with E-state index in [2.05, 4.69) is 16.0 Å². The van der Waals surface area contributed by atoms with Crippen LogP contribution < -0.4 is 16.0 Å². The zero-order chi connectivity index (χ0) is 15.8. The van der Waals surface area contributed by atoms with Gasteiger partial charge < -0.3 is 16.0 Å². The minimum absolute atomic E-state index is 0.0108. The lowest BCUT2D eigenvalue weighted by molar-refractivity contribution is -0.116. The van der Waals surface area contributed by atoms with Gasteiger partial charge in [0.2, 0.25) is 11.8 Å². The van der Waals surface area contributed by atoms with Crippen LogP contribution in [0.15, 0.2) is 24.3 Å². The lowest BCUT2D eigenvalue weighted by Gasteiger charge is -2.22. The Labute approximate surface area is 131 Å². The monoisotopic (exact) mass is 303 g/mol. The fourth-order valence-corrected chi connectivity index (χ4v) is 2.80. The molecule has 0 bridgehead atoms. The maximum atomic E-state index is 11.9. The number of carbonyl (C=O) groups excluding carboxylic acids is 2. The van der Waals surface area contributed by atoms with E-state index in [-0.39, 0.29) is 11.8 Å².